The van der Waals surface area contributed by atoms with Gasteiger partial charge in [-0.3, -0.25) is 0 Å². The van der Waals surface area contributed by atoms with Crippen molar-refractivity contribution in [2.24, 2.45) is 34.5 Å². The van der Waals surface area contributed by atoms with Crippen molar-refractivity contribution in [2.75, 3.05) is 13.2 Å². The van der Waals surface area contributed by atoms with Crippen LogP contribution in [0.1, 0.15) is 77.2 Å². The smallest absolute Gasteiger partial charge is 0.0960 e. The Hall–Kier alpha value is -0.420. The van der Waals surface area contributed by atoms with Crippen molar-refractivity contribution in [2.45, 2.75) is 83.3 Å². The Morgan fingerprint density at radius 3 is 2.66 bits per heavy atom. The number of thiophene rings is 1. The van der Waals surface area contributed by atoms with Crippen LogP contribution in [0.15, 0.2) is 16.8 Å². The Labute approximate surface area is 179 Å². The molecule has 0 amide bonds. The van der Waals surface area contributed by atoms with Crippen LogP contribution in [0.4, 0.5) is 0 Å². The molecule has 0 aliphatic heterocycles. The summed E-state index contributed by atoms with van der Waals surface area (Å²) in [5, 5.41) is 25.3. The molecule has 0 spiro atoms. The lowest BCUT2D eigenvalue weighted by molar-refractivity contribution is -0.165. The van der Waals surface area contributed by atoms with E-state index in [0.717, 1.165) is 37.0 Å². The molecule has 0 bridgehead atoms. The van der Waals surface area contributed by atoms with Crippen molar-refractivity contribution in [1.29, 1.82) is 0 Å². The lowest BCUT2D eigenvalue weighted by atomic mass is 9.44. The maximum atomic E-state index is 11.9. The number of ether oxygens (including phenoxy) is 1. The number of hydrogen-bond donors (Lipinski definition) is 2. The summed E-state index contributed by atoms with van der Waals surface area (Å²) in [6.07, 6.45) is 11.2. The summed E-state index contributed by atoms with van der Waals surface area (Å²) in [7, 11) is 0. The Morgan fingerprint density at radius 2 is 1.90 bits per heavy atom. The molecule has 29 heavy (non-hydrogen) atoms. The van der Waals surface area contributed by atoms with Crippen molar-refractivity contribution < 1.29 is 14.9 Å². The Kier molecular flexibility index (Phi) is 5.17. The molecule has 3 nitrogen and oxygen atoms in total. The minimum atomic E-state index is -0.629. The van der Waals surface area contributed by atoms with Crippen LogP contribution in [0.2, 0.25) is 0 Å². The zero-order valence-corrected chi connectivity index (χ0v) is 18.9. The molecule has 4 aliphatic carbocycles. The Bertz CT molecular complexity index is 720. The molecule has 0 saturated heterocycles. The van der Waals surface area contributed by atoms with E-state index >= 15 is 0 Å². The van der Waals surface area contributed by atoms with E-state index in [4.69, 9.17) is 9.84 Å². The highest BCUT2D eigenvalue weighted by atomic mass is 32.1. The van der Waals surface area contributed by atoms with Gasteiger partial charge in [0.25, 0.3) is 0 Å². The van der Waals surface area contributed by atoms with E-state index in [-0.39, 0.29) is 12.0 Å². The van der Waals surface area contributed by atoms with Gasteiger partial charge in [-0.25, -0.2) is 0 Å². The molecule has 4 saturated carbocycles. The highest BCUT2D eigenvalue weighted by Crippen LogP contribution is 2.70. The number of aliphatic hydroxyl groups excluding tert-OH is 1. The number of aliphatic hydroxyl groups is 2. The van der Waals surface area contributed by atoms with E-state index in [1.807, 2.05) is 0 Å². The molecule has 4 heteroatoms. The normalized spacial score (nSPS) is 49.3. The average Bonchev–Trinajstić information content (AvgIpc) is 3.34. The van der Waals surface area contributed by atoms with Gasteiger partial charge >= 0.3 is 0 Å². The molecule has 2 N–H and O–H groups in total. The van der Waals surface area contributed by atoms with Crippen LogP contribution in [0.5, 0.6) is 0 Å². The van der Waals surface area contributed by atoms with Gasteiger partial charge in [-0.15, -0.1) is 0 Å². The predicted molar refractivity (Wildman–Crippen MR) is 117 cm³/mol. The van der Waals surface area contributed by atoms with Gasteiger partial charge in [0.15, 0.2) is 0 Å². The first kappa shape index (κ1) is 20.5. The molecule has 1 heterocycles. The SMILES string of the molecule is C[C@]12CC[C@H](OCCO)C[C@H]1CC[C@@H]1[C@@H]2CC[C@@]2(C)[C@H]1CC[C@@]2(O)c1ccsc1. The highest BCUT2D eigenvalue weighted by Gasteiger charge is 2.65. The molecule has 0 unspecified atom stereocenters. The fourth-order valence-corrected chi connectivity index (χ4v) is 9.30. The molecule has 5 rings (SSSR count). The third-order valence-corrected chi connectivity index (χ3v) is 10.9. The second-order valence-corrected chi connectivity index (χ2v) is 11.8. The molecular weight excluding hydrogens is 380 g/mol. The minimum Gasteiger partial charge on any atom is -0.394 e. The first-order chi connectivity index (χ1) is 13.9. The van der Waals surface area contributed by atoms with Gasteiger partial charge < -0.3 is 14.9 Å². The number of hydrogen-bond acceptors (Lipinski definition) is 4. The van der Waals surface area contributed by atoms with Gasteiger partial charge in [-0.2, -0.15) is 11.3 Å². The molecule has 162 valence electrons. The van der Waals surface area contributed by atoms with Crippen molar-refractivity contribution in [3.63, 3.8) is 0 Å². The number of fused-ring (bicyclic) bond motifs is 5. The molecule has 0 radical (unpaired) electrons. The van der Waals surface area contributed by atoms with Gasteiger partial charge in [0, 0.05) is 5.41 Å². The van der Waals surface area contributed by atoms with Crippen LogP contribution in [-0.2, 0) is 10.3 Å². The second kappa shape index (κ2) is 7.32. The van der Waals surface area contributed by atoms with Crippen LogP contribution >= 0.6 is 11.3 Å². The summed E-state index contributed by atoms with van der Waals surface area (Å²) in [6, 6.07) is 2.16. The molecule has 0 aromatic carbocycles. The highest BCUT2D eigenvalue weighted by molar-refractivity contribution is 7.08. The predicted octanol–water partition coefficient (Wildman–Crippen LogP) is 5.36. The van der Waals surface area contributed by atoms with Gasteiger partial charge in [0.05, 0.1) is 24.9 Å². The zero-order valence-electron chi connectivity index (χ0n) is 18.1. The fraction of sp³-hybridized carbons (Fsp3) is 0.840. The van der Waals surface area contributed by atoms with Crippen LogP contribution in [0, 0.1) is 34.5 Å². The Balaban J connectivity index is 1.37. The number of rotatable bonds is 4. The fourth-order valence-electron chi connectivity index (χ4n) is 8.58. The van der Waals surface area contributed by atoms with Crippen molar-refractivity contribution >= 4 is 11.3 Å². The third kappa shape index (κ3) is 2.92. The van der Waals surface area contributed by atoms with E-state index in [1.54, 1.807) is 11.3 Å². The first-order valence-electron chi connectivity index (χ1n) is 11.9. The lowest BCUT2D eigenvalue weighted by Crippen LogP contribution is -2.56. The summed E-state index contributed by atoms with van der Waals surface area (Å²) in [4.78, 5) is 0. The molecule has 8 atom stereocenters. The van der Waals surface area contributed by atoms with E-state index < -0.39 is 5.60 Å². The maximum absolute atomic E-state index is 11.9. The largest absolute Gasteiger partial charge is 0.394 e. The molecule has 1 aromatic rings. The summed E-state index contributed by atoms with van der Waals surface area (Å²) in [5.41, 5.74) is 1.01. The molecule has 4 fully saturated rings. The third-order valence-electron chi connectivity index (χ3n) is 10.2. The summed E-state index contributed by atoms with van der Waals surface area (Å²) in [6.45, 7) is 5.62. The van der Waals surface area contributed by atoms with Crippen LogP contribution < -0.4 is 0 Å². The van der Waals surface area contributed by atoms with Gasteiger partial charge in [-0.05, 0) is 109 Å². The second-order valence-electron chi connectivity index (χ2n) is 11.0. The van der Waals surface area contributed by atoms with Crippen LogP contribution in [-0.4, -0.2) is 29.5 Å². The zero-order chi connectivity index (χ0) is 20.3. The maximum Gasteiger partial charge on any atom is 0.0960 e. The van der Waals surface area contributed by atoms with E-state index in [0.29, 0.717) is 24.0 Å². The summed E-state index contributed by atoms with van der Waals surface area (Å²) >= 11 is 1.72. The first-order valence-corrected chi connectivity index (χ1v) is 12.8. The molecular formula is C25H38O3S. The van der Waals surface area contributed by atoms with E-state index in [9.17, 15) is 5.11 Å². The lowest BCUT2D eigenvalue weighted by Gasteiger charge is -2.61. The van der Waals surface area contributed by atoms with Crippen LogP contribution in [0.25, 0.3) is 0 Å². The molecule has 4 aliphatic rings. The van der Waals surface area contributed by atoms with Crippen molar-refractivity contribution in [3.8, 4) is 0 Å². The van der Waals surface area contributed by atoms with E-state index in [2.05, 4.69) is 30.7 Å². The van der Waals surface area contributed by atoms with Gasteiger partial charge in [0.1, 0.15) is 0 Å². The van der Waals surface area contributed by atoms with Gasteiger partial charge in [0.2, 0.25) is 0 Å². The minimum absolute atomic E-state index is 0.0277. The van der Waals surface area contributed by atoms with Crippen molar-refractivity contribution in [3.05, 3.63) is 22.4 Å². The van der Waals surface area contributed by atoms with Crippen LogP contribution in [0.3, 0.4) is 0 Å². The Morgan fingerprint density at radius 1 is 1.07 bits per heavy atom. The topological polar surface area (TPSA) is 49.7 Å². The quantitative estimate of drug-likeness (QED) is 0.692. The monoisotopic (exact) mass is 418 g/mol. The summed E-state index contributed by atoms with van der Waals surface area (Å²) < 4.78 is 5.93. The van der Waals surface area contributed by atoms with E-state index in [1.165, 1.54) is 44.1 Å². The summed E-state index contributed by atoms with van der Waals surface area (Å²) in [5.74, 6) is 3.01. The molecule has 1 aromatic heterocycles. The standard InChI is InChI=1S/C25H38O3S/c1-23-9-5-19(28-13-12-26)15-17(23)3-4-20-21(23)6-10-24(2)22(20)7-11-25(24,27)18-8-14-29-16-18/h8,14,16-17,19-22,26-27H,3-7,9-13,15H2,1-2H3/t17-,19+,20-,21+,22+,23+,24+,25-/m1/s1. The van der Waals surface area contributed by atoms with Crippen molar-refractivity contribution in [1.82, 2.24) is 0 Å². The average molecular weight is 419 g/mol. The van der Waals surface area contributed by atoms with Gasteiger partial charge in [-0.1, -0.05) is 13.8 Å².